The van der Waals surface area contributed by atoms with Crippen molar-refractivity contribution in [1.29, 1.82) is 0 Å². The number of aromatic nitrogens is 4. The maximum atomic E-state index is 13.0. The van der Waals surface area contributed by atoms with E-state index in [4.69, 9.17) is 16.3 Å². The van der Waals surface area contributed by atoms with E-state index in [1.54, 1.807) is 31.2 Å². The third-order valence-corrected chi connectivity index (χ3v) is 4.69. The minimum absolute atomic E-state index is 0.292. The third-order valence-electron chi connectivity index (χ3n) is 4.46. The normalized spacial score (nSPS) is 10.8. The van der Waals surface area contributed by atoms with Gasteiger partial charge in [-0.05, 0) is 37.3 Å². The molecular formula is C21H19ClN6O3. The lowest BCUT2D eigenvalue weighted by Gasteiger charge is -2.10. The lowest BCUT2D eigenvalue weighted by Crippen LogP contribution is -2.29. The lowest BCUT2D eigenvalue weighted by atomic mass is 10.3. The second-order valence-electron chi connectivity index (χ2n) is 6.74. The largest absolute Gasteiger partial charge is 0.495 e. The number of aryl methyl sites for hydroxylation is 1. The van der Waals surface area contributed by atoms with Crippen molar-refractivity contribution in [2.75, 3.05) is 17.7 Å². The number of amides is 1. The van der Waals surface area contributed by atoms with Gasteiger partial charge in [0.05, 0.1) is 12.8 Å². The Labute approximate surface area is 182 Å². The molecule has 0 bridgehead atoms. The number of benzene rings is 2. The van der Waals surface area contributed by atoms with E-state index in [0.717, 1.165) is 10.4 Å². The number of carbonyl (C=O) groups is 1. The van der Waals surface area contributed by atoms with Crippen LogP contribution in [-0.4, -0.2) is 32.2 Å². The van der Waals surface area contributed by atoms with Crippen LogP contribution in [0.1, 0.15) is 5.69 Å². The van der Waals surface area contributed by atoms with E-state index >= 15 is 0 Å². The molecule has 2 aromatic carbocycles. The fourth-order valence-electron chi connectivity index (χ4n) is 3.09. The van der Waals surface area contributed by atoms with E-state index in [1.165, 1.54) is 11.5 Å². The average molecular weight is 439 g/mol. The summed E-state index contributed by atoms with van der Waals surface area (Å²) >= 11 is 6.00. The molecule has 0 spiro atoms. The van der Waals surface area contributed by atoms with Gasteiger partial charge in [-0.3, -0.25) is 4.79 Å². The van der Waals surface area contributed by atoms with E-state index in [1.807, 2.05) is 30.3 Å². The van der Waals surface area contributed by atoms with Crippen LogP contribution in [0.4, 0.5) is 17.3 Å². The number of hydrogen-bond acceptors (Lipinski definition) is 6. The van der Waals surface area contributed by atoms with Crippen LogP contribution in [0.5, 0.6) is 5.75 Å². The van der Waals surface area contributed by atoms with Gasteiger partial charge in [0, 0.05) is 22.5 Å². The van der Waals surface area contributed by atoms with Crippen molar-refractivity contribution in [3.05, 3.63) is 75.8 Å². The van der Waals surface area contributed by atoms with Crippen LogP contribution in [-0.2, 0) is 11.3 Å². The molecule has 2 aromatic heterocycles. The molecule has 4 aromatic rings. The molecule has 10 heteroatoms. The fourth-order valence-corrected chi connectivity index (χ4v) is 3.27. The predicted molar refractivity (Wildman–Crippen MR) is 118 cm³/mol. The predicted octanol–water partition coefficient (Wildman–Crippen LogP) is 3.24. The van der Waals surface area contributed by atoms with Gasteiger partial charge in [-0.1, -0.05) is 29.8 Å². The SMILES string of the molecule is COc1ccc(Cl)cc1NC(=O)Cn1nc2cc(C)nc(Nc3ccccc3)n2c1=O. The highest BCUT2D eigenvalue weighted by Crippen LogP contribution is 2.27. The summed E-state index contributed by atoms with van der Waals surface area (Å²) in [6.45, 7) is 1.51. The molecule has 0 unspecified atom stereocenters. The summed E-state index contributed by atoms with van der Waals surface area (Å²) < 4.78 is 7.64. The molecule has 2 heterocycles. The molecule has 9 nitrogen and oxygen atoms in total. The van der Waals surface area contributed by atoms with Gasteiger partial charge in [0.25, 0.3) is 0 Å². The summed E-state index contributed by atoms with van der Waals surface area (Å²) in [7, 11) is 1.49. The van der Waals surface area contributed by atoms with Crippen molar-refractivity contribution >= 4 is 40.5 Å². The van der Waals surface area contributed by atoms with Crippen molar-refractivity contribution in [3.63, 3.8) is 0 Å². The molecular weight excluding hydrogens is 420 g/mol. The quantitative estimate of drug-likeness (QED) is 0.479. The second kappa shape index (κ2) is 8.49. The van der Waals surface area contributed by atoms with Crippen LogP contribution < -0.4 is 21.1 Å². The van der Waals surface area contributed by atoms with Crippen molar-refractivity contribution < 1.29 is 9.53 Å². The van der Waals surface area contributed by atoms with Crippen molar-refractivity contribution in [3.8, 4) is 5.75 Å². The molecule has 1 amide bonds. The Morgan fingerprint density at radius 1 is 1.16 bits per heavy atom. The Balaban J connectivity index is 1.64. The maximum Gasteiger partial charge on any atom is 0.353 e. The number of rotatable bonds is 6. The highest BCUT2D eigenvalue weighted by atomic mass is 35.5. The van der Waals surface area contributed by atoms with Gasteiger partial charge < -0.3 is 15.4 Å². The van der Waals surface area contributed by atoms with Crippen LogP contribution in [0, 0.1) is 6.92 Å². The molecule has 0 atom stereocenters. The Morgan fingerprint density at radius 3 is 2.68 bits per heavy atom. The number of carbonyl (C=O) groups excluding carboxylic acids is 1. The topological polar surface area (TPSA) is 103 Å². The van der Waals surface area contributed by atoms with Crippen LogP contribution in [0.25, 0.3) is 5.65 Å². The van der Waals surface area contributed by atoms with Gasteiger partial charge >= 0.3 is 5.69 Å². The molecule has 0 aliphatic heterocycles. The third kappa shape index (κ3) is 4.36. The summed E-state index contributed by atoms with van der Waals surface area (Å²) in [4.78, 5) is 30.0. The number of hydrogen-bond donors (Lipinski definition) is 2. The molecule has 0 radical (unpaired) electrons. The maximum absolute atomic E-state index is 13.0. The number of anilines is 3. The van der Waals surface area contributed by atoms with E-state index < -0.39 is 11.6 Å². The minimum atomic E-state index is -0.492. The summed E-state index contributed by atoms with van der Waals surface area (Å²) in [5.41, 5.74) is 1.74. The molecule has 0 aliphatic rings. The number of halogens is 1. The number of fused-ring (bicyclic) bond motifs is 1. The monoisotopic (exact) mass is 438 g/mol. The molecule has 4 rings (SSSR count). The summed E-state index contributed by atoms with van der Waals surface area (Å²) in [5, 5.41) is 10.6. The Morgan fingerprint density at radius 2 is 1.94 bits per heavy atom. The standard InChI is InChI=1S/C21H19ClN6O3/c1-13-10-18-26-27(12-19(29)25-16-11-14(22)8-9-17(16)31-2)21(30)28(18)20(23-13)24-15-6-4-3-5-7-15/h3-11H,12H2,1-2H3,(H,23,24)(H,25,29). The molecule has 2 N–H and O–H groups in total. The van der Waals surface area contributed by atoms with E-state index in [2.05, 4.69) is 20.7 Å². The number of methoxy groups -OCH3 is 1. The van der Waals surface area contributed by atoms with Gasteiger partial charge in [-0.2, -0.15) is 0 Å². The van der Waals surface area contributed by atoms with Crippen molar-refractivity contribution in [1.82, 2.24) is 19.2 Å². The van der Waals surface area contributed by atoms with Gasteiger partial charge in [-0.25, -0.2) is 18.9 Å². The molecule has 31 heavy (non-hydrogen) atoms. The summed E-state index contributed by atoms with van der Waals surface area (Å²) in [5.74, 6) is 0.317. The first-order chi connectivity index (χ1) is 14.9. The first-order valence-corrected chi connectivity index (χ1v) is 9.75. The van der Waals surface area contributed by atoms with Gasteiger partial charge in [0.2, 0.25) is 11.9 Å². The number of nitrogens with one attached hydrogen (secondary N) is 2. The summed E-state index contributed by atoms with van der Waals surface area (Å²) in [6, 6.07) is 15.9. The minimum Gasteiger partial charge on any atom is -0.495 e. The molecule has 0 aliphatic carbocycles. The second-order valence-corrected chi connectivity index (χ2v) is 7.18. The first kappa shape index (κ1) is 20.4. The van der Waals surface area contributed by atoms with E-state index in [0.29, 0.717) is 33.7 Å². The Hall–Kier alpha value is -3.85. The van der Waals surface area contributed by atoms with Crippen molar-refractivity contribution in [2.45, 2.75) is 13.5 Å². The lowest BCUT2D eigenvalue weighted by molar-refractivity contribution is -0.117. The zero-order valence-electron chi connectivity index (χ0n) is 16.8. The van der Waals surface area contributed by atoms with Crippen molar-refractivity contribution in [2.24, 2.45) is 0 Å². The van der Waals surface area contributed by atoms with Crippen LogP contribution in [0.15, 0.2) is 59.4 Å². The van der Waals surface area contributed by atoms with Gasteiger partial charge in [0.15, 0.2) is 5.65 Å². The molecule has 0 fully saturated rings. The smallest absolute Gasteiger partial charge is 0.353 e. The Bertz CT molecular complexity index is 1320. The fraction of sp³-hybridized carbons (Fsp3) is 0.143. The number of nitrogens with zero attached hydrogens (tertiary/aromatic N) is 4. The van der Waals surface area contributed by atoms with Gasteiger partial charge in [0.1, 0.15) is 12.3 Å². The molecule has 158 valence electrons. The van der Waals surface area contributed by atoms with Crippen LogP contribution in [0.3, 0.4) is 0 Å². The zero-order valence-corrected chi connectivity index (χ0v) is 17.6. The zero-order chi connectivity index (χ0) is 22.0. The number of para-hydroxylation sites is 1. The highest BCUT2D eigenvalue weighted by Gasteiger charge is 2.16. The van der Waals surface area contributed by atoms with E-state index in [-0.39, 0.29) is 6.54 Å². The highest BCUT2D eigenvalue weighted by molar-refractivity contribution is 6.31. The van der Waals surface area contributed by atoms with Crippen LogP contribution in [0.2, 0.25) is 5.02 Å². The molecule has 0 saturated heterocycles. The van der Waals surface area contributed by atoms with E-state index in [9.17, 15) is 9.59 Å². The molecule has 0 saturated carbocycles. The van der Waals surface area contributed by atoms with Crippen LogP contribution >= 0.6 is 11.6 Å². The summed E-state index contributed by atoms with van der Waals surface area (Å²) in [6.07, 6.45) is 0. The van der Waals surface area contributed by atoms with Gasteiger partial charge in [-0.15, -0.1) is 5.10 Å². The number of ether oxygens (including phenoxy) is 1. The Kier molecular flexibility index (Phi) is 5.59. The first-order valence-electron chi connectivity index (χ1n) is 9.37. The average Bonchev–Trinajstić information content (AvgIpc) is 3.04.